The van der Waals surface area contributed by atoms with E-state index in [9.17, 15) is 9.59 Å². The molecule has 2 amide bonds. The van der Waals surface area contributed by atoms with E-state index in [0.717, 1.165) is 16.8 Å². The van der Waals surface area contributed by atoms with Gasteiger partial charge in [-0.2, -0.15) is 5.10 Å². The SMILES string of the molecule is CCNC(=O)c1cccc(CNC(=O)c2cn(-c3ccccc3)nc2-c2cccnc2)c1. The lowest BCUT2D eigenvalue weighted by Gasteiger charge is -2.08. The van der Waals surface area contributed by atoms with Crippen LogP contribution in [0.15, 0.2) is 85.3 Å². The maximum absolute atomic E-state index is 13.1. The largest absolute Gasteiger partial charge is 0.352 e. The molecule has 0 bridgehead atoms. The second kappa shape index (κ2) is 9.70. The quantitative estimate of drug-likeness (QED) is 0.473. The number of rotatable bonds is 7. The molecule has 0 aliphatic carbocycles. The molecular formula is C25H23N5O2. The van der Waals surface area contributed by atoms with Gasteiger partial charge in [0.15, 0.2) is 0 Å². The number of para-hydroxylation sites is 1. The Morgan fingerprint density at radius 3 is 2.53 bits per heavy atom. The zero-order valence-corrected chi connectivity index (χ0v) is 17.7. The predicted molar refractivity (Wildman–Crippen MR) is 122 cm³/mol. The standard InChI is InChI=1S/C25H23N5O2/c1-2-27-24(31)19-9-6-8-18(14-19)15-28-25(32)22-17-30(21-11-4-3-5-12-21)29-23(22)20-10-7-13-26-16-20/h3-14,16-17H,2,15H2,1H3,(H,27,31)(H,28,32). The number of carbonyl (C=O) groups is 2. The monoisotopic (exact) mass is 425 g/mol. The highest BCUT2D eigenvalue weighted by molar-refractivity contribution is 6.00. The summed E-state index contributed by atoms with van der Waals surface area (Å²) in [6.07, 6.45) is 5.08. The van der Waals surface area contributed by atoms with Gasteiger partial charge in [0, 0.05) is 42.8 Å². The number of aromatic nitrogens is 3. The van der Waals surface area contributed by atoms with Gasteiger partial charge in [0.05, 0.1) is 11.3 Å². The van der Waals surface area contributed by atoms with Crippen LogP contribution in [0.5, 0.6) is 0 Å². The molecule has 4 aromatic rings. The van der Waals surface area contributed by atoms with E-state index in [1.54, 1.807) is 41.5 Å². The zero-order valence-electron chi connectivity index (χ0n) is 17.7. The molecule has 7 heteroatoms. The van der Waals surface area contributed by atoms with E-state index in [0.29, 0.717) is 23.4 Å². The van der Waals surface area contributed by atoms with Crippen molar-refractivity contribution in [1.82, 2.24) is 25.4 Å². The molecule has 0 radical (unpaired) electrons. The van der Waals surface area contributed by atoms with Crippen LogP contribution in [0, 0.1) is 0 Å². The maximum Gasteiger partial charge on any atom is 0.255 e. The Hall–Kier alpha value is -4.26. The molecule has 2 aromatic carbocycles. The van der Waals surface area contributed by atoms with Gasteiger partial charge in [-0.15, -0.1) is 0 Å². The average Bonchev–Trinajstić information content (AvgIpc) is 3.30. The van der Waals surface area contributed by atoms with E-state index < -0.39 is 0 Å². The van der Waals surface area contributed by atoms with E-state index >= 15 is 0 Å². The van der Waals surface area contributed by atoms with E-state index in [2.05, 4.69) is 20.7 Å². The third-order valence-corrected chi connectivity index (χ3v) is 4.89. The Morgan fingerprint density at radius 2 is 1.78 bits per heavy atom. The number of nitrogens with one attached hydrogen (secondary N) is 2. The van der Waals surface area contributed by atoms with Gasteiger partial charge >= 0.3 is 0 Å². The molecule has 0 atom stereocenters. The lowest BCUT2D eigenvalue weighted by molar-refractivity contribution is 0.0947. The van der Waals surface area contributed by atoms with Crippen LogP contribution in [-0.2, 0) is 6.54 Å². The van der Waals surface area contributed by atoms with Crippen molar-refractivity contribution in [3.63, 3.8) is 0 Å². The first-order valence-electron chi connectivity index (χ1n) is 10.4. The van der Waals surface area contributed by atoms with Crippen LogP contribution in [-0.4, -0.2) is 33.1 Å². The topological polar surface area (TPSA) is 88.9 Å². The van der Waals surface area contributed by atoms with E-state index in [4.69, 9.17) is 0 Å². The van der Waals surface area contributed by atoms with Crippen molar-refractivity contribution in [3.8, 4) is 16.9 Å². The van der Waals surface area contributed by atoms with Gasteiger partial charge in [-0.05, 0) is 48.9 Å². The molecule has 4 rings (SSSR count). The number of carbonyl (C=O) groups excluding carboxylic acids is 2. The van der Waals surface area contributed by atoms with E-state index in [1.807, 2.05) is 55.5 Å². The fourth-order valence-electron chi connectivity index (χ4n) is 3.33. The summed E-state index contributed by atoms with van der Waals surface area (Å²) < 4.78 is 1.69. The molecule has 0 unspecified atom stereocenters. The summed E-state index contributed by atoms with van der Waals surface area (Å²) in [4.78, 5) is 29.4. The van der Waals surface area contributed by atoms with Crippen molar-refractivity contribution >= 4 is 11.8 Å². The van der Waals surface area contributed by atoms with Gasteiger partial charge in [0.1, 0.15) is 5.69 Å². The molecule has 0 saturated heterocycles. The van der Waals surface area contributed by atoms with Crippen molar-refractivity contribution in [2.45, 2.75) is 13.5 Å². The molecule has 160 valence electrons. The van der Waals surface area contributed by atoms with Crippen molar-refractivity contribution < 1.29 is 9.59 Å². The lowest BCUT2D eigenvalue weighted by atomic mass is 10.1. The number of amides is 2. The third-order valence-electron chi connectivity index (χ3n) is 4.89. The molecule has 0 fully saturated rings. The minimum atomic E-state index is -0.255. The summed E-state index contributed by atoms with van der Waals surface area (Å²) in [5, 5.41) is 10.4. The first kappa shape index (κ1) is 21.0. The molecule has 0 aliphatic heterocycles. The average molecular weight is 425 g/mol. The van der Waals surface area contributed by atoms with Gasteiger partial charge in [0.25, 0.3) is 11.8 Å². The Kier molecular flexibility index (Phi) is 6.36. The van der Waals surface area contributed by atoms with E-state index in [1.165, 1.54) is 0 Å². The highest BCUT2D eigenvalue weighted by Gasteiger charge is 2.19. The molecule has 2 N–H and O–H groups in total. The Morgan fingerprint density at radius 1 is 0.938 bits per heavy atom. The molecule has 0 aliphatic rings. The van der Waals surface area contributed by atoms with Crippen LogP contribution in [0.1, 0.15) is 33.2 Å². The first-order valence-corrected chi connectivity index (χ1v) is 10.4. The number of benzene rings is 2. The fraction of sp³-hybridized carbons (Fsp3) is 0.120. The predicted octanol–water partition coefficient (Wildman–Crippen LogP) is 3.61. The Bertz CT molecular complexity index is 1220. The molecular weight excluding hydrogens is 402 g/mol. The zero-order chi connectivity index (χ0) is 22.3. The van der Waals surface area contributed by atoms with Crippen LogP contribution in [0.25, 0.3) is 16.9 Å². The number of hydrogen-bond donors (Lipinski definition) is 2. The van der Waals surface area contributed by atoms with Gasteiger partial charge in [-0.25, -0.2) is 4.68 Å². The summed E-state index contributed by atoms with van der Waals surface area (Å²) in [6, 6.07) is 20.5. The summed E-state index contributed by atoms with van der Waals surface area (Å²) in [7, 11) is 0. The van der Waals surface area contributed by atoms with Gasteiger partial charge < -0.3 is 10.6 Å². The normalized spacial score (nSPS) is 10.5. The van der Waals surface area contributed by atoms with Crippen molar-refractivity contribution in [2.24, 2.45) is 0 Å². The summed E-state index contributed by atoms with van der Waals surface area (Å²) in [5.74, 6) is -0.391. The van der Waals surface area contributed by atoms with Crippen LogP contribution < -0.4 is 10.6 Å². The minimum Gasteiger partial charge on any atom is -0.352 e. The van der Waals surface area contributed by atoms with Crippen molar-refractivity contribution in [3.05, 3.63) is 102 Å². The van der Waals surface area contributed by atoms with E-state index in [-0.39, 0.29) is 18.4 Å². The van der Waals surface area contributed by atoms with Crippen LogP contribution in [0.2, 0.25) is 0 Å². The minimum absolute atomic E-state index is 0.135. The van der Waals surface area contributed by atoms with Crippen LogP contribution in [0.4, 0.5) is 0 Å². The fourth-order valence-corrected chi connectivity index (χ4v) is 3.33. The smallest absolute Gasteiger partial charge is 0.255 e. The third kappa shape index (κ3) is 4.73. The second-order valence-electron chi connectivity index (χ2n) is 7.16. The van der Waals surface area contributed by atoms with Crippen molar-refractivity contribution in [1.29, 1.82) is 0 Å². The van der Waals surface area contributed by atoms with Gasteiger partial charge in [-0.1, -0.05) is 30.3 Å². The molecule has 2 aromatic heterocycles. The Balaban J connectivity index is 1.59. The highest BCUT2D eigenvalue weighted by atomic mass is 16.2. The summed E-state index contributed by atoms with van der Waals surface area (Å²) in [5.41, 5.74) is 4.00. The molecule has 0 spiro atoms. The summed E-state index contributed by atoms with van der Waals surface area (Å²) >= 11 is 0. The molecule has 7 nitrogen and oxygen atoms in total. The molecule has 2 heterocycles. The van der Waals surface area contributed by atoms with Crippen LogP contribution in [0.3, 0.4) is 0 Å². The van der Waals surface area contributed by atoms with Gasteiger partial charge in [0.2, 0.25) is 0 Å². The van der Waals surface area contributed by atoms with Crippen LogP contribution >= 0.6 is 0 Å². The molecule has 32 heavy (non-hydrogen) atoms. The van der Waals surface area contributed by atoms with Crippen molar-refractivity contribution in [2.75, 3.05) is 6.54 Å². The number of pyridine rings is 1. The highest BCUT2D eigenvalue weighted by Crippen LogP contribution is 2.23. The number of nitrogens with zero attached hydrogens (tertiary/aromatic N) is 3. The number of hydrogen-bond acceptors (Lipinski definition) is 4. The maximum atomic E-state index is 13.1. The summed E-state index contributed by atoms with van der Waals surface area (Å²) in [6.45, 7) is 2.72. The first-order chi connectivity index (χ1) is 15.7. The lowest BCUT2D eigenvalue weighted by Crippen LogP contribution is -2.24. The van der Waals surface area contributed by atoms with Gasteiger partial charge in [-0.3, -0.25) is 14.6 Å². The second-order valence-corrected chi connectivity index (χ2v) is 7.16. The Labute approximate surface area is 186 Å². The molecule has 0 saturated carbocycles.